The fourth-order valence-electron chi connectivity index (χ4n) is 1.51. The molecule has 0 fully saturated rings. The maximum atomic E-state index is 9.67. The molecule has 1 nitrogen and oxygen atoms in total. The predicted octanol–water partition coefficient (Wildman–Crippen LogP) is 2.64. The zero-order chi connectivity index (χ0) is 9.68. The van der Waals surface area contributed by atoms with Gasteiger partial charge in [-0.05, 0) is 24.3 Å². The number of aliphatic hydroxyl groups is 1. The first kappa shape index (κ1) is 10.3. The maximum Gasteiger partial charge on any atom is 0.0583 e. The lowest BCUT2D eigenvalue weighted by atomic mass is 10.00. The molecular formula is C12H18O. The van der Waals surface area contributed by atoms with Crippen molar-refractivity contribution in [3.63, 3.8) is 0 Å². The highest BCUT2D eigenvalue weighted by Crippen LogP contribution is 2.10. The lowest BCUT2D eigenvalue weighted by Crippen LogP contribution is -2.13. The third-order valence-electron chi connectivity index (χ3n) is 2.06. The van der Waals surface area contributed by atoms with Gasteiger partial charge in [-0.1, -0.05) is 44.2 Å². The topological polar surface area (TPSA) is 20.2 Å². The fourth-order valence-corrected chi connectivity index (χ4v) is 1.51. The zero-order valence-corrected chi connectivity index (χ0v) is 8.40. The van der Waals surface area contributed by atoms with Crippen LogP contribution >= 0.6 is 0 Å². The number of rotatable bonds is 4. The maximum absolute atomic E-state index is 9.67. The minimum absolute atomic E-state index is 0.192. The average molecular weight is 178 g/mol. The molecule has 1 aromatic rings. The van der Waals surface area contributed by atoms with Gasteiger partial charge in [-0.3, -0.25) is 0 Å². The molecule has 0 bridgehead atoms. The van der Waals surface area contributed by atoms with E-state index in [2.05, 4.69) is 26.0 Å². The molecule has 0 spiro atoms. The summed E-state index contributed by atoms with van der Waals surface area (Å²) in [6.45, 7) is 4.27. The van der Waals surface area contributed by atoms with Gasteiger partial charge in [0.2, 0.25) is 0 Å². The van der Waals surface area contributed by atoms with Crippen LogP contribution in [0.25, 0.3) is 0 Å². The zero-order valence-electron chi connectivity index (χ0n) is 8.40. The summed E-state index contributed by atoms with van der Waals surface area (Å²) in [5, 5.41) is 9.67. The third-order valence-corrected chi connectivity index (χ3v) is 2.06. The summed E-state index contributed by atoms with van der Waals surface area (Å²) in [4.78, 5) is 0. The van der Waals surface area contributed by atoms with Crippen LogP contribution < -0.4 is 0 Å². The molecule has 72 valence electrons. The van der Waals surface area contributed by atoms with Gasteiger partial charge in [0.1, 0.15) is 0 Å². The van der Waals surface area contributed by atoms with E-state index < -0.39 is 0 Å². The molecule has 0 aliphatic heterocycles. The van der Waals surface area contributed by atoms with Gasteiger partial charge in [0.05, 0.1) is 6.10 Å². The summed E-state index contributed by atoms with van der Waals surface area (Å²) < 4.78 is 0. The van der Waals surface area contributed by atoms with Gasteiger partial charge in [-0.2, -0.15) is 0 Å². The Hall–Kier alpha value is -0.820. The van der Waals surface area contributed by atoms with Gasteiger partial charge in [0.15, 0.2) is 0 Å². The van der Waals surface area contributed by atoms with Crippen molar-refractivity contribution < 1.29 is 5.11 Å². The average Bonchev–Trinajstić information content (AvgIpc) is 2.04. The Labute approximate surface area is 80.4 Å². The number of hydrogen-bond acceptors (Lipinski definition) is 1. The van der Waals surface area contributed by atoms with E-state index in [-0.39, 0.29) is 6.10 Å². The van der Waals surface area contributed by atoms with E-state index in [1.54, 1.807) is 0 Å². The molecule has 13 heavy (non-hydrogen) atoms. The van der Waals surface area contributed by atoms with E-state index in [0.29, 0.717) is 5.92 Å². The highest BCUT2D eigenvalue weighted by atomic mass is 16.3. The molecule has 0 amide bonds. The highest BCUT2D eigenvalue weighted by Gasteiger charge is 2.06. The molecule has 1 atom stereocenters. The van der Waals surface area contributed by atoms with Crippen molar-refractivity contribution in [3.05, 3.63) is 35.9 Å². The summed E-state index contributed by atoms with van der Waals surface area (Å²) in [5.74, 6) is 0.568. The van der Waals surface area contributed by atoms with Gasteiger partial charge in [-0.25, -0.2) is 0 Å². The second kappa shape index (κ2) is 5.03. The van der Waals surface area contributed by atoms with Crippen molar-refractivity contribution in [3.8, 4) is 0 Å². The van der Waals surface area contributed by atoms with Crippen molar-refractivity contribution in [2.24, 2.45) is 5.92 Å². The minimum Gasteiger partial charge on any atom is -0.393 e. The molecule has 1 aromatic carbocycles. The second-order valence-electron chi connectivity index (χ2n) is 3.97. The molecule has 0 saturated carbocycles. The number of aliphatic hydroxyl groups excluding tert-OH is 1. The Morgan fingerprint density at radius 2 is 1.77 bits per heavy atom. The van der Waals surface area contributed by atoms with Crippen molar-refractivity contribution >= 4 is 0 Å². The molecule has 1 N–H and O–H groups in total. The molecule has 0 aliphatic rings. The van der Waals surface area contributed by atoms with E-state index in [9.17, 15) is 5.11 Å². The van der Waals surface area contributed by atoms with E-state index in [4.69, 9.17) is 0 Å². The Morgan fingerprint density at radius 1 is 1.15 bits per heavy atom. The first-order chi connectivity index (χ1) is 6.18. The fraction of sp³-hybridized carbons (Fsp3) is 0.500. The van der Waals surface area contributed by atoms with Gasteiger partial charge >= 0.3 is 0 Å². The Morgan fingerprint density at radius 3 is 2.31 bits per heavy atom. The Bertz CT molecular complexity index is 228. The summed E-state index contributed by atoms with van der Waals surface area (Å²) in [7, 11) is 0. The standard InChI is InChI=1S/C12H18O/c1-10(2)8-12(13)9-11-6-4-3-5-7-11/h3-7,10,12-13H,8-9H2,1-2H3/t12-/m1/s1. The van der Waals surface area contributed by atoms with Crippen LogP contribution in [0.1, 0.15) is 25.8 Å². The Kier molecular flexibility index (Phi) is 3.97. The van der Waals surface area contributed by atoms with Crippen molar-refractivity contribution in [1.29, 1.82) is 0 Å². The van der Waals surface area contributed by atoms with Crippen LogP contribution in [0.2, 0.25) is 0 Å². The lowest BCUT2D eigenvalue weighted by molar-refractivity contribution is 0.149. The Balaban J connectivity index is 2.41. The highest BCUT2D eigenvalue weighted by molar-refractivity contribution is 5.15. The molecular weight excluding hydrogens is 160 g/mol. The van der Waals surface area contributed by atoms with Crippen LogP contribution in [0.3, 0.4) is 0 Å². The van der Waals surface area contributed by atoms with E-state index in [0.717, 1.165) is 12.8 Å². The van der Waals surface area contributed by atoms with Crippen LogP contribution in [-0.4, -0.2) is 11.2 Å². The van der Waals surface area contributed by atoms with Crippen molar-refractivity contribution in [2.45, 2.75) is 32.8 Å². The molecule has 0 aliphatic carbocycles. The molecule has 1 heteroatoms. The quantitative estimate of drug-likeness (QED) is 0.751. The van der Waals surface area contributed by atoms with Crippen molar-refractivity contribution in [2.75, 3.05) is 0 Å². The smallest absolute Gasteiger partial charge is 0.0583 e. The van der Waals surface area contributed by atoms with Gasteiger partial charge in [0, 0.05) is 0 Å². The molecule has 0 saturated heterocycles. The summed E-state index contributed by atoms with van der Waals surface area (Å²) >= 11 is 0. The third kappa shape index (κ3) is 4.09. The monoisotopic (exact) mass is 178 g/mol. The van der Waals surface area contributed by atoms with Crippen molar-refractivity contribution in [1.82, 2.24) is 0 Å². The lowest BCUT2D eigenvalue weighted by Gasteiger charge is -2.12. The van der Waals surface area contributed by atoms with Crippen LogP contribution in [0.5, 0.6) is 0 Å². The SMILES string of the molecule is CC(C)C[C@@H](O)Cc1ccccc1. The van der Waals surface area contributed by atoms with E-state index in [1.165, 1.54) is 5.56 Å². The molecule has 0 radical (unpaired) electrons. The summed E-state index contributed by atoms with van der Waals surface area (Å²) in [5.41, 5.74) is 1.22. The van der Waals surface area contributed by atoms with Crippen LogP contribution in [-0.2, 0) is 6.42 Å². The van der Waals surface area contributed by atoms with Crippen LogP contribution in [0, 0.1) is 5.92 Å². The van der Waals surface area contributed by atoms with Gasteiger partial charge in [0.25, 0.3) is 0 Å². The van der Waals surface area contributed by atoms with Gasteiger partial charge in [-0.15, -0.1) is 0 Å². The first-order valence-electron chi connectivity index (χ1n) is 4.90. The van der Waals surface area contributed by atoms with Crippen LogP contribution in [0.15, 0.2) is 30.3 Å². The predicted molar refractivity (Wildman–Crippen MR) is 55.6 cm³/mol. The molecule has 0 heterocycles. The largest absolute Gasteiger partial charge is 0.393 e. The minimum atomic E-state index is -0.192. The summed E-state index contributed by atoms with van der Waals surface area (Å²) in [6.07, 6.45) is 1.47. The number of hydrogen-bond donors (Lipinski definition) is 1. The second-order valence-corrected chi connectivity index (χ2v) is 3.97. The van der Waals surface area contributed by atoms with Crippen LogP contribution in [0.4, 0.5) is 0 Å². The summed E-state index contributed by atoms with van der Waals surface area (Å²) in [6, 6.07) is 10.1. The van der Waals surface area contributed by atoms with E-state index >= 15 is 0 Å². The normalized spacial score (nSPS) is 13.2. The molecule has 0 unspecified atom stereocenters. The molecule has 1 rings (SSSR count). The molecule has 0 aromatic heterocycles. The first-order valence-corrected chi connectivity index (χ1v) is 4.90. The van der Waals surface area contributed by atoms with E-state index in [1.807, 2.05) is 18.2 Å². The van der Waals surface area contributed by atoms with Gasteiger partial charge < -0.3 is 5.11 Å². The number of benzene rings is 1.